The average Bonchev–Trinajstić information content (AvgIpc) is 3.35. The Kier molecular flexibility index (Phi) is 7.57. The first kappa shape index (κ1) is 23.1. The smallest absolute Gasteiger partial charge is 0.255 e. The van der Waals surface area contributed by atoms with Crippen molar-refractivity contribution in [2.75, 3.05) is 5.32 Å². The van der Waals surface area contributed by atoms with Gasteiger partial charge in [-0.15, -0.1) is 0 Å². The van der Waals surface area contributed by atoms with E-state index in [4.69, 9.17) is 16.3 Å². The molecule has 1 heterocycles. The first-order chi connectivity index (χ1) is 16.6. The summed E-state index contributed by atoms with van der Waals surface area (Å²) in [6.45, 7) is 0.670. The molecule has 0 aliphatic rings. The molecule has 0 atom stereocenters. The summed E-state index contributed by atoms with van der Waals surface area (Å²) < 4.78 is 7.43. The third kappa shape index (κ3) is 6.24. The highest BCUT2D eigenvalue weighted by Gasteiger charge is 2.13. The van der Waals surface area contributed by atoms with Gasteiger partial charge in [0.25, 0.3) is 5.91 Å². The Morgan fingerprint density at radius 3 is 2.62 bits per heavy atom. The number of carbonyl (C=O) groups excluding carboxylic acids is 2. The lowest BCUT2D eigenvalue weighted by molar-refractivity contribution is -0.116. The van der Waals surface area contributed by atoms with Gasteiger partial charge in [0.1, 0.15) is 18.9 Å². The van der Waals surface area contributed by atoms with E-state index in [0.29, 0.717) is 28.6 Å². The molecule has 0 radical (unpaired) electrons. The van der Waals surface area contributed by atoms with Crippen molar-refractivity contribution in [2.24, 2.45) is 0 Å². The molecular formula is C26H23ClN4O3. The van der Waals surface area contributed by atoms with Crippen LogP contribution in [0.5, 0.6) is 5.75 Å². The van der Waals surface area contributed by atoms with E-state index in [1.807, 2.05) is 42.5 Å². The summed E-state index contributed by atoms with van der Waals surface area (Å²) in [5.74, 6) is 0.0249. The highest BCUT2D eigenvalue weighted by Crippen LogP contribution is 2.22. The second-order valence-electron chi connectivity index (χ2n) is 7.51. The predicted molar refractivity (Wildman–Crippen MR) is 131 cm³/mol. The third-order valence-corrected chi connectivity index (χ3v) is 5.37. The minimum Gasteiger partial charge on any atom is -0.488 e. The number of para-hydroxylation sites is 1. The van der Waals surface area contributed by atoms with E-state index in [1.54, 1.807) is 53.5 Å². The van der Waals surface area contributed by atoms with E-state index in [2.05, 4.69) is 15.7 Å². The van der Waals surface area contributed by atoms with Crippen LogP contribution in [-0.2, 0) is 24.5 Å². The van der Waals surface area contributed by atoms with Gasteiger partial charge in [-0.1, -0.05) is 54.1 Å². The number of hydrogen-bond donors (Lipinski definition) is 2. The summed E-state index contributed by atoms with van der Waals surface area (Å²) in [6, 6.07) is 23.6. The van der Waals surface area contributed by atoms with E-state index >= 15 is 0 Å². The molecule has 2 N–H and O–H groups in total. The quantitative estimate of drug-likeness (QED) is 0.368. The summed E-state index contributed by atoms with van der Waals surface area (Å²) in [7, 11) is 0. The molecule has 1 aromatic heterocycles. The molecule has 0 saturated heterocycles. The van der Waals surface area contributed by atoms with Crippen LogP contribution in [0.25, 0.3) is 0 Å². The zero-order chi connectivity index (χ0) is 23.8. The highest BCUT2D eigenvalue weighted by atomic mass is 35.5. The van der Waals surface area contributed by atoms with Gasteiger partial charge in [0.2, 0.25) is 5.91 Å². The van der Waals surface area contributed by atoms with Gasteiger partial charge >= 0.3 is 0 Å². The monoisotopic (exact) mass is 474 g/mol. The summed E-state index contributed by atoms with van der Waals surface area (Å²) in [5.41, 5.74) is 2.76. The molecular weight excluding hydrogens is 452 g/mol. The van der Waals surface area contributed by atoms with Crippen molar-refractivity contribution in [3.63, 3.8) is 0 Å². The second kappa shape index (κ2) is 11.2. The molecule has 0 bridgehead atoms. The molecule has 4 rings (SSSR count). The molecule has 8 heteroatoms. The predicted octanol–water partition coefficient (Wildman–Crippen LogP) is 4.68. The van der Waals surface area contributed by atoms with E-state index in [-0.39, 0.29) is 25.0 Å². The summed E-state index contributed by atoms with van der Waals surface area (Å²) in [6.07, 6.45) is 3.35. The van der Waals surface area contributed by atoms with Crippen molar-refractivity contribution in [3.05, 3.63) is 113 Å². The van der Waals surface area contributed by atoms with Crippen LogP contribution in [0.2, 0.25) is 5.02 Å². The van der Waals surface area contributed by atoms with Gasteiger partial charge in [0.05, 0.1) is 5.56 Å². The molecule has 0 saturated carbocycles. The van der Waals surface area contributed by atoms with E-state index in [9.17, 15) is 9.59 Å². The molecule has 0 fully saturated rings. The molecule has 172 valence electrons. The number of nitrogens with one attached hydrogen (secondary N) is 2. The number of nitrogens with zero attached hydrogens (tertiary/aromatic N) is 2. The summed E-state index contributed by atoms with van der Waals surface area (Å²) in [5, 5.41) is 10.4. The number of ether oxygens (including phenoxy) is 1. The Morgan fingerprint density at radius 2 is 1.79 bits per heavy atom. The number of anilines is 1. The van der Waals surface area contributed by atoms with Crippen molar-refractivity contribution in [1.29, 1.82) is 0 Å². The second-order valence-corrected chi connectivity index (χ2v) is 7.92. The summed E-state index contributed by atoms with van der Waals surface area (Å²) in [4.78, 5) is 25.1. The minimum absolute atomic E-state index is 0.124. The molecule has 0 spiro atoms. The van der Waals surface area contributed by atoms with Crippen molar-refractivity contribution >= 4 is 29.1 Å². The Bertz CT molecular complexity index is 1270. The fourth-order valence-electron chi connectivity index (χ4n) is 3.33. The van der Waals surface area contributed by atoms with Crippen molar-refractivity contribution in [1.82, 2.24) is 15.1 Å². The van der Waals surface area contributed by atoms with Crippen molar-refractivity contribution in [3.8, 4) is 5.75 Å². The lowest BCUT2D eigenvalue weighted by Crippen LogP contribution is -2.23. The lowest BCUT2D eigenvalue weighted by Gasteiger charge is -2.13. The van der Waals surface area contributed by atoms with Gasteiger partial charge < -0.3 is 15.4 Å². The van der Waals surface area contributed by atoms with Crippen molar-refractivity contribution in [2.45, 2.75) is 19.7 Å². The van der Waals surface area contributed by atoms with Crippen LogP contribution in [-0.4, -0.2) is 21.6 Å². The standard InChI is InChI=1S/C26H23ClN4O3/c27-23-11-3-1-8-20(23)18-34-24-12-4-2-10-22(24)26(33)28-16-19-7-5-9-21(15-19)30-25(32)17-31-14-6-13-29-31/h1-15H,16-18H2,(H,28,33)(H,30,32). The number of aromatic nitrogens is 2. The van der Waals surface area contributed by atoms with E-state index in [1.165, 1.54) is 0 Å². The Labute approximate surface area is 202 Å². The maximum Gasteiger partial charge on any atom is 0.255 e. The number of halogens is 1. The van der Waals surface area contributed by atoms with Crippen LogP contribution in [0, 0.1) is 0 Å². The topological polar surface area (TPSA) is 85.3 Å². The minimum atomic E-state index is -0.261. The van der Waals surface area contributed by atoms with Crippen LogP contribution in [0.15, 0.2) is 91.3 Å². The largest absolute Gasteiger partial charge is 0.488 e. The molecule has 3 aromatic carbocycles. The molecule has 0 unspecified atom stereocenters. The van der Waals surface area contributed by atoms with Crippen LogP contribution < -0.4 is 15.4 Å². The van der Waals surface area contributed by atoms with Gasteiger partial charge in [0.15, 0.2) is 0 Å². The number of carbonyl (C=O) groups is 2. The van der Waals surface area contributed by atoms with Gasteiger partial charge in [-0.25, -0.2) is 0 Å². The van der Waals surface area contributed by atoms with Crippen LogP contribution >= 0.6 is 11.6 Å². The number of rotatable bonds is 9. The van der Waals surface area contributed by atoms with Crippen LogP contribution in [0.4, 0.5) is 5.69 Å². The van der Waals surface area contributed by atoms with E-state index < -0.39 is 0 Å². The lowest BCUT2D eigenvalue weighted by atomic mass is 10.1. The zero-order valence-electron chi connectivity index (χ0n) is 18.3. The van der Waals surface area contributed by atoms with Gasteiger partial charge in [-0.2, -0.15) is 5.10 Å². The Hall–Kier alpha value is -4.10. The fourth-order valence-corrected chi connectivity index (χ4v) is 3.52. The summed E-state index contributed by atoms with van der Waals surface area (Å²) >= 11 is 6.20. The number of amides is 2. The number of benzene rings is 3. The SMILES string of the molecule is O=C(Cn1cccn1)Nc1cccc(CNC(=O)c2ccccc2OCc2ccccc2Cl)c1. The van der Waals surface area contributed by atoms with Crippen LogP contribution in [0.1, 0.15) is 21.5 Å². The maximum absolute atomic E-state index is 12.9. The normalized spacial score (nSPS) is 10.5. The van der Waals surface area contributed by atoms with E-state index in [0.717, 1.165) is 11.1 Å². The molecule has 2 amide bonds. The first-order valence-electron chi connectivity index (χ1n) is 10.7. The molecule has 0 aliphatic carbocycles. The molecule has 4 aromatic rings. The fraction of sp³-hybridized carbons (Fsp3) is 0.115. The zero-order valence-corrected chi connectivity index (χ0v) is 19.0. The van der Waals surface area contributed by atoms with Crippen LogP contribution in [0.3, 0.4) is 0 Å². The van der Waals surface area contributed by atoms with Crippen molar-refractivity contribution < 1.29 is 14.3 Å². The van der Waals surface area contributed by atoms with Gasteiger partial charge in [0, 0.05) is 35.2 Å². The first-order valence-corrected chi connectivity index (χ1v) is 11.1. The number of hydrogen-bond acceptors (Lipinski definition) is 4. The molecule has 34 heavy (non-hydrogen) atoms. The van der Waals surface area contributed by atoms with Gasteiger partial charge in [-0.05, 0) is 42.0 Å². The Morgan fingerprint density at radius 1 is 0.971 bits per heavy atom. The average molecular weight is 475 g/mol. The molecule has 0 aliphatic heterocycles. The van der Waals surface area contributed by atoms with Gasteiger partial charge in [-0.3, -0.25) is 14.3 Å². The maximum atomic E-state index is 12.9. The highest BCUT2D eigenvalue weighted by molar-refractivity contribution is 6.31. The molecule has 7 nitrogen and oxygen atoms in total. The third-order valence-electron chi connectivity index (χ3n) is 5.00. The Balaban J connectivity index is 1.35.